The van der Waals surface area contributed by atoms with Crippen molar-refractivity contribution in [1.82, 2.24) is 10.6 Å². The predicted molar refractivity (Wildman–Crippen MR) is 117 cm³/mol. The van der Waals surface area contributed by atoms with Crippen LogP contribution in [-0.2, 0) is 4.74 Å². The van der Waals surface area contributed by atoms with Crippen LogP contribution in [0.2, 0.25) is 0 Å². The monoisotopic (exact) mass is 398 g/mol. The van der Waals surface area contributed by atoms with E-state index in [1.807, 2.05) is 20.8 Å². The number of unbranched alkanes of at least 4 members (excludes halogenated alkanes) is 10. The third-order valence-corrected chi connectivity index (χ3v) is 5.48. The summed E-state index contributed by atoms with van der Waals surface area (Å²) in [5.41, 5.74) is -0.519. The molecule has 5 heteroatoms. The van der Waals surface area contributed by atoms with E-state index < -0.39 is 17.8 Å². The molecule has 0 radical (unpaired) electrons. The number of aliphatic hydroxyl groups is 1. The van der Waals surface area contributed by atoms with Crippen LogP contribution in [-0.4, -0.2) is 41.5 Å². The third-order valence-electron chi connectivity index (χ3n) is 5.48. The summed E-state index contributed by atoms with van der Waals surface area (Å²) in [6.45, 7) is 8.38. The molecule has 0 spiro atoms. The van der Waals surface area contributed by atoms with Crippen LogP contribution in [0.25, 0.3) is 0 Å². The van der Waals surface area contributed by atoms with Crippen LogP contribution in [0.15, 0.2) is 0 Å². The van der Waals surface area contributed by atoms with Gasteiger partial charge in [-0.3, -0.25) is 0 Å². The van der Waals surface area contributed by atoms with Crippen molar-refractivity contribution in [3.8, 4) is 0 Å². The smallest absolute Gasteiger partial charge is 0.408 e. The average Bonchev–Trinajstić information content (AvgIpc) is 2.60. The van der Waals surface area contributed by atoms with E-state index in [1.165, 1.54) is 70.6 Å². The molecule has 3 atom stereocenters. The second kappa shape index (κ2) is 14.2. The highest BCUT2D eigenvalue weighted by Crippen LogP contribution is 2.17. The van der Waals surface area contributed by atoms with E-state index in [0.29, 0.717) is 19.0 Å². The zero-order valence-corrected chi connectivity index (χ0v) is 18.9. The Hall–Kier alpha value is -0.810. The first-order valence-electron chi connectivity index (χ1n) is 11.7. The van der Waals surface area contributed by atoms with Gasteiger partial charge in [-0.25, -0.2) is 4.79 Å². The number of alkyl carbamates (subject to hydrolysis) is 1. The lowest BCUT2D eigenvalue weighted by atomic mass is 9.93. The van der Waals surface area contributed by atoms with E-state index in [-0.39, 0.29) is 6.04 Å². The number of carbonyl (C=O) groups excluding carboxylic acids is 1. The van der Waals surface area contributed by atoms with Crippen molar-refractivity contribution in [2.75, 3.05) is 6.54 Å². The molecule has 28 heavy (non-hydrogen) atoms. The first-order valence-corrected chi connectivity index (χ1v) is 11.7. The lowest BCUT2D eigenvalue weighted by Gasteiger charge is -2.35. The molecule has 0 saturated carbocycles. The maximum Gasteiger partial charge on any atom is 0.408 e. The zero-order valence-electron chi connectivity index (χ0n) is 18.9. The summed E-state index contributed by atoms with van der Waals surface area (Å²) in [5.74, 6) is 0. The fraction of sp³-hybridized carbons (Fsp3) is 0.957. The zero-order chi connectivity index (χ0) is 20.8. The van der Waals surface area contributed by atoms with E-state index in [1.54, 1.807) is 0 Å². The van der Waals surface area contributed by atoms with Crippen molar-refractivity contribution in [1.29, 1.82) is 0 Å². The van der Waals surface area contributed by atoms with Gasteiger partial charge in [0.2, 0.25) is 0 Å². The number of hydrogen-bond donors (Lipinski definition) is 3. The van der Waals surface area contributed by atoms with E-state index in [2.05, 4.69) is 17.6 Å². The number of ether oxygens (including phenoxy) is 1. The fourth-order valence-electron chi connectivity index (χ4n) is 3.85. The van der Waals surface area contributed by atoms with Crippen molar-refractivity contribution in [3.63, 3.8) is 0 Å². The molecule has 3 N–H and O–H groups in total. The van der Waals surface area contributed by atoms with Gasteiger partial charge in [0.25, 0.3) is 0 Å². The minimum absolute atomic E-state index is 0.275. The summed E-state index contributed by atoms with van der Waals surface area (Å²) < 4.78 is 5.27. The number of aliphatic hydroxyl groups excluding tert-OH is 1. The first-order chi connectivity index (χ1) is 13.3. The van der Waals surface area contributed by atoms with Gasteiger partial charge in [-0.05, 0) is 33.6 Å². The Bertz CT molecular complexity index is 409. The highest BCUT2D eigenvalue weighted by molar-refractivity contribution is 5.68. The van der Waals surface area contributed by atoms with E-state index in [4.69, 9.17) is 4.74 Å². The summed E-state index contributed by atoms with van der Waals surface area (Å²) in [6, 6.07) is 0.0775. The van der Waals surface area contributed by atoms with Crippen LogP contribution in [0.5, 0.6) is 0 Å². The van der Waals surface area contributed by atoms with Crippen molar-refractivity contribution in [2.45, 2.75) is 135 Å². The molecule has 1 amide bonds. The van der Waals surface area contributed by atoms with Crippen LogP contribution in [0.3, 0.4) is 0 Å². The number of carbonyl (C=O) groups is 1. The molecule has 1 rings (SSSR count). The molecule has 166 valence electrons. The summed E-state index contributed by atoms with van der Waals surface area (Å²) in [5, 5.41) is 16.6. The van der Waals surface area contributed by atoms with E-state index in [0.717, 1.165) is 6.42 Å². The summed E-state index contributed by atoms with van der Waals surface area (Å²) in [7, 11) is 0. The Kier molecular flexibility index (Phi) is 12.8. The van der Waals surface area contributed by atoms with Crippen LogP contribution in [0.1, 0.15) is 111 Å². The van der Waals surface area contributed by atoms with Crippen molar-refractivity contribution >= 4 is 6.09 Å². The topological polar surface area (TPSA) is 70.6 Å². The largest absolute Gasteiger partial charge is 0.444 e. The standard InChI is InChI=1S/C23H46N2O3/c1-5-6-7-8-9-10-11-12-13-14-15-16-19-17-21(26)20(18-24-19)25-22(27)28-23(2,3)4/h19-21,24,26H,5-18H2,1-4H3,(H,25,27)/t19-,20-,21-/m0/s1. The number of nitrogens with one attached hydrogen (secondary N) is 2. The van der Waals surface area contributed by atoms with Gasteiger partial charge in [-0.2, -0.15) is 0 Å². The average molecular weight is 399 g/mol. The first kappa shape index (κ1) is 25.2. The molecule has 1 aliphatic heterocycles. The number of piperidine rings is 1. The molecule has 1 saturated heterocycles. The summed E-state index contributed by atoms with van der Waals surface area (Å²) in [4.78, 5) is 11.9. The van der Waals surface area contributed by atoms with Gasteiger partial charge < -0.3 is 20.5 Å². The van der Waals surface area contributed by atoms with Crippen molar-refractivity contribution in [3.05, 3.63) is 0 Å². The molecule has 0 unspecified atom stereocenters. The SMILES string of the molecule is CCCCCCCCCCCCC[C@H]1C[C@H](O)[C@@H](NC(=O)OC(C)(C)C)CN1. The lowest BCUT2D eigenvalue weighted by molar-refractivity contribution is 0.0340. The number of rotatable bonds is 13. The molecule has 5 nitrogen and oxygen atoms in total. The Morgan fingerprint density at radius 1 is 1.00 bits per heavy atom. The van der Waals surface area contributed by atoms with Crippen molar-refractivity contribution in [2.24, 2.45) is 0 Å². The summed E-state index contributed by atoms with van der Waals surface area (Å²) in [6.07, 6.45) is 15.7. The molecule has 0 aromatic rings. The van der Waals surface area contributed by atoms with Gasteiger partial charge in [0.15, 0.2) is 0 Å². The molecular weight excluding hydrogens is 352 g/mol. The third kappa shape index (κ3) is 12.6. The molecule has 1 heterocycles. The van der Waals surface area contributed by atoms with Gasteiger partial charge in [-0.1, -0.05) is 77.6 Å². The Balaban J connectivity index is 2.01. The maximum atomic E-state index is 11.9. The van der Waals surface area contributed by atoms with Crippen LogP contribution in [0.4, 0.5) is 4.79 Å². The van der Waals surface area contributed by atoms with Crippen LogP contribution < -0.4 is 10.6 Å². The Morgan fingerprint density at radius 2 is 1.54 bits per heavy atom. The van der Waals surface area contributed by atoms with Gasteiger partial charge in [-0.15, -0.1) is 0 Å². The number of amides is 1. The second-order valence-electron chi connectivity index (χ2n) is 9.49. The Morgan fingerprint density at radius 3 is 2.04 bits per heavy atom. The normalized spacial score (nSPS) is 22.8. The fourth-order valence-corrected chi connectivity index (χ4v) is 3.85. The molecule has 0 bridgehead atoms. The minimum Gasteiger partial charge on any atom is -0.444 e. The predicted octanol–water partition coefficient (Wildman–Crippen LogP) is 5.30. The van der Waals surface area contributed by atoms with E-state index >= 15 is 0 Å². The molecule has 0 aliphatic carbocycles. The quantitative estimate of drug-likeness (QED) is 0.368. The Labute approximate surface area is 173 Å². The summed E-state index contributed by atoms with van der Waals surface area (Å²) >= 11 is 0. The van der Waals surface area contributed by atoms with Crippen molar-refractivity contribution < 1.29 is 14.6 Å². The maximum absolute atomic E-state index is 11.9. The highest BCUT2D eigenvalue weighted by Gasteiger charge is 2.30. The number of hydrogen-bond acceptors (Lipinski definition) is 4. The molecule has 0 aromatic heterocycles. The highest BCUT2D eigenvalue weighted by atomic mass is 16.6. The van der Waals surface area contributed by atoms with Gasteiger partial charge in [0, 0.05) is 12.6 Å². The minimum atomic E-state index is -0.519. The van der Waals surface area contributed by atoms with Gasteiger partial charge in [0.1, 0.15) is 5.60 Å². The lowest BCUT2D eigenvalue weighted by Crippen LogP contribution is -2.57. The van der Waals surface area contributed by atoms with Crippen LogP contribution >= 0.6 is 0 Å². The van der Waals surface area contributed by atoms with Gasteiger partial charge >= 0.3 is 6.09 Å². The van der Waals surface area contributed by atoms with E-state index in [9.17, 15) is 9.90 Å². The molecular formula is C23H46N2O3. The molecule has 1 fully saturated rings. The van der Waals surface area contributed by atoms with Crippen LogP contribution in [0, 0.1) is 0 Å². The molecule has 0 aromatic carbocycles. The molecule has 1 aliphatic rings. The van der Waals surface area contributed by atoms with Gasteiger partial charge in [0.05, 0.1) is 12.1 Å². The second-order valence-corrected chi connectivity index (χ2v) is 9.49.